The summed E-state index contributed by atoms with van der Waals surface area (Å²) in [6.45, 7) is 1.91. The summed E-state index contributed by atoms with van der Waals surface area (Å²) in [5.41, 5.74) is 1.27. The predicted octanol–water partition coefficient (Wildman–Crippen LogP) is 0.863. The molecule has 0 bridgehead atoms. The number of hydrogen-bond acceptors (Lipinski definition) is 6. The van der Waals surface area contributed by atoms with E-state index in [1.165, 1.54) is 6.33 Å². The molecule has 0 amide bonds. The molecule has 114 valence electrons. The summed E-state index contributed by atoms with van der Waals surface area (Å²) >= 11 is 0. The molecule has 0 radical (unpaired) electrons. The molecular weight excluding hydrogens is 308 g/mol. The zero-order chi connectivity index (χ0) is 15.7. The Hall–Kier alpha value is -2.68. The summed E-state index contributed by atoms with van der Waals surface area (Å²) < 4.78 is 29.2. The zero-order valence-corrected chi connectivity index (χ0v) is 12.3. The molecule has 8 nitrogen and oxygen atoms in total. The Morgan fingerprint density at radius 3 is 2.68 bits per heavy atom. The largest absolute Gasteiger partial charge is 0.357 e. The van der Waals surface area contributed by atoms with Crippen molar-refractivity contribution in [3.05, 3.63) is 52.1 Å². The first-order valence-corrected chi connectivity index (χ1v) is 7.92. The summed E-state index contributed by atoms with van der Waals surface area (Å²) in [6, 6.07) is 7.05. The summed E-state index contributed by atoms with van der Waals surface area (Å²) in [5.74, 6) is -0.539. The normalized spacial score (nSPS) is 11.7. The maximum absolute atomic E-state index is 12.1. The first kappa shape index (κ1) is 14.3. The first-order valence-electron chi connectivity index (χ1n) is 6.34. The number of nitrogens with one attached hydrogen (secondary N) is 2. The molecule has 0 saturated carbocycles. The third-order valence-corrected chi connectivity index (χ3v) is 4.10. The van der Waals surface area contributed by atoms with Crippen molar-refractivity contribution in [2.45, 2.75) is 12.7 Å². The lowest BCUT2D eigenvalue weighted by Crippen LogP contribution is -2.16. The molecule has 22 heavy (non-hydrogen) atoms. The molecule has 0 saturated heterocycles. The minimum Gasteiger partial charge on any atom is -0.357 e. The van der Waals surface area contributed by atoms with Crippen LogP contribution < -0.4 is 9.74 Å². The lowest BCUT2D eigenvalue weighted by Gasteiger charge is -2.06. The van der Waals surface area contributed by atoms with Gasteiger partial charge in [0.15, 0.2) is 5.52 Å². The van der Waals surface area contributed by atoms with E-state index in [1.54, 1.807) is 12.1 Å². The van der Waals surface area contributed by atoms with Gasteiger partial charge in [0, 0.05) is 0 Å². The molecule has 0 atom stereocenters. The van der Waals surface area contributed by atoms with Gasteiger partial charge in [0.1, 0.15) is 11.3 Å². The Kier molecular flexibility index (Phi) is 3.41. The maximum atomic E-state index is 12.1. The standard InChI is InChI=1S/C13H12N4O4S/c1-8-2-4-9(5-3-8)6-22(19,20)21-13-11-10(14-7-15-11)12(18)16-17-13/h2-5,7H,6H2,1H3,(H,14,15)(H,16,18). The van der Waals surface area contributed by atoms with Gasteiger partial charge in [-0.2, -0.15) is 8.42 Å². The van der Waals surface area contributed by atoms with E-state index in [2.05, 4.69) is 20.2 Å². The van der Waals surface area contributed by atoms with Crippen molar-refractivity contribution in [2.75, 3.05) is 0 Å². The average Bonchev–Trinajstić information content (AvgIpc) is 2.95. The highest BCUT2D eigenvalue weighted by atomic mass is 32.2. The van der Waals surface area contributed by atoms with Crippen LogP contribution in [0.4, 0.5) is 0 Å². The smallest absolute Gasteiger partial charge is 0.315 e. The van der Waals surface area contributed by atoms with Crippen LogP contribution in [0.5, 0.6) is 5.88 Å². The van der Waals surface area contributed by atoms with Crippen molar-refractivity contribution in [1.29, 1.82) is 0 Å². The van der Waals surface area contributed by atoms with Gasteiger partial charge < -0.3 is 9.17 Å². The number of aromatic nitrogens is 4. The summed E-state index contributed by atoms with van der Waals surface area (Å²) in [6.07, 6.45) is 1.26. The molecule has 0 fully saturated rings. The van der Waals surface area contributed by atoms with Gasteiger partial charge in [0.05, 0.1) is 6.33 Å². The number of H-pyrrole nitrogens is 2. The number of hydrogen-bond donors (Lipinski definition) is 2. The van der Waals surface area contributed by atoms with E-state index in [9.17, 15) is 13.2 Å². The van der Waals surface area contributed by atoms with Gasteiger partial charge in [-0.3, -0.25) is 4.79 Å². The minimum absolute atomic E-state index is 0.0375. The molecule has 0 aliphatic heterocycles. The number of aryl methyl sites for hydroxylation is 1. The van der Waals surface area contributed by atoms with Gasteiger partial charge in [0.2, 0.25) is 0 Å². The third kappa shape index (κ3) is 2.84. The Morgan fingerprint density at radius 1 is 1.23 bits per heavy atom. The fraction of sp³-hybridized carbons (Fsp3) is 0.154. The highest BCUT2D eigenvalue weighted by Crippen LogP contribution is 2.19. The van der Waals surface area contributed by atoms with Gasteiger partial charge >= 0.3 is 10.1 Å². The van der Waals surface area contributed by atoms with E-state index < -0.39 is 15.7 Å². The lowest BCUT2D eigenvalue weighted by atomic mass is 10.2. The molecule has 9 heteroatoms. The highest BCUT2D eigenvalue weighted by Gasteiger charge is 2.19. The molecule has 0 unspecified atom stereocenters. The number of rotatable bonds is 4. The van der Waals surface area contributed by atoms with Crippen molar-refractivity contribution in [3.8, 4) is 5.88 Å². The SMILES string of the molecule is Cc1ccc(CS(=O)(=O)Oc2n[nH]c(=O)c3nc[nH]c23)cc1. The van der Waals surface area contributed by atoms with Crippen LogP contribution in [0.2, 0.25) is 0 Å². The van der Waals surface area contributed by atoms with Crippen molar-refractivity contribution in [3.63, 3.8) is 0 Å². The molecule has 0 aliphatic carbocycles. The Balaban J connectivity index is 1.90. The van der Waals surface area contributed by atoms with Crippen LogP contribution in [-0.4, -0.2) is 28.6 Å². The third-order valence-electron chi connectivity index (χ3n) is 3.00. The predicted molar refractivity (Wildman–Crippen MR) is 78.9 cm³/mol. The summed E-state index contributed by atoms with van der Waals surface area (Å²) in [4.78, 5) is 17.9. The molecule has 2 N–H and O–H groups in total. The second-order valence-corrected chi connectivity index (χ2v) is 6.33. The van der Waals surface area contributed by atoms with Gasteiger partial charge in [0.25, 0.3) is 11.4 Å². The van der Waals surface area contributed by atoms with Crippen LogP contribution in [0.15, 0.2) is 35.4 Å². The van der Waals surface area contributed by atoms with Crippen molar-refractivity contribution in [2.24, 2.45) is 0 Å². The second-order valence-electron chi connectivity index (χ2n) is 4.75. The number of imidazole rings is 1. The molecule has 3 aromatic rings. The van der Waals surface area contributed by atoms with E-state index in [0.717, 1.165) is 5.56 Å². The maximum Gasteiger partial charge on any atom is 0.315 e. The Labute approximate surface area is 125 Å². The van der Waals surface area contributed by atoms with Gasteiger partial charge in [-0.15, -0.1) is 5.10 Å². The second kappa shape index (κ2) is 5.26. The van der Waals surface area contributed by atoms with Crippen molar-refractivity contribution in [1.82, 2.24) is 20.2 Å². The number of fused-ring (bicyclic) bond motifs is 1. The van der Waals surface area contributed by atoms with Crippen LogP contribution in [0.1, 0.15) is 11.1 Å². The minimum atomic E-state index is -3.92. The van der Waals surface area contributed by atoms with Crippen molar-refractivity contribution < 1.29 is 12.6 Å². The molecule has 3 rings (SSSR count). The lowest BCUT2D eigenvalue weighted by molar-refractivity contribution is 0.473. The van der Waals surface area contributed by atoms with E-state index in [1.807, 2.05) is 19.1 Å². The zero-order valence-electron chi connectivity index (χ0n) is 11.5. The van der Waals surface area contributed by atoms with Crippen LogP contribution in [0, 0.1) is 6.92 Å². The molecule has 0 spiro atoms. The monoisotopic (exact) mass is 320 g/mol. The summed E-state index contributed by atoms with van der Waals surface area (Å²) in [7, 11) is -3.92. The number of nitrogens with zero attached hydrogens (tertiary/aromatic N) is 2. The molecule has 2 heterocycles. The van der Waals surface area contributed by atoms with Crippen molar-refractivity contribution >= 4 is 21.2 Å². The molecule has 0 aliphatic rings. The van der Waals surface area contributed by atoms with E-state index in [-0.39, 0.29) is 22.7 Å². The van der Waals surface area contributed by atoms with E-state index >= 15 is 0 Å². The van der Waals surface area contributed by atoms with Crippen LogP contribution in [0.25, 0.3) is 11.0 Å². The van der Waals surface area contributed by atoms with E-state index in [0.29, 0.717) is 5.56 Å². The highest BCUT2D eigenvalue weighted by molar-refractivity contribution is 7.86. The number of aromatic amines is 2. The quantitative estimate of drug-likeness (QED) is 0.688. The average molecular weight is 320 g/mol. The fourth-order valence-electron chi connectivity index (χ4n) is 1.94. The molecule has 2 aromatic heterocycles. The Morgan fingerprint density at radius 2 is 1.95 bits per heavy atom. The van der Waals surface area contributed by atoms with Crippen LogP contribution in [0.3, 0.4) is 0 Å². The summed E-state index contributed by atoms with van der Waals surface area (Å²) in [5, 5.41) is 5.75. The van der Waals surface area contributed by atoms with Crippen LogP contribution >= 0.6 is 0 Å². The Bertz CT molecular complexity index is 973. The number of benzene rings is 1. The van der Waals surface area contributed by atoms with Gasteiger partial charge in [-0.25, -0.2) is 10.1 Å². The first-order chi connectivity index (χ1) is 10.4. The van der Waals surface area contributed by atoms with Gasteiger partial charge in [-0.05, 0) is 12.5 Å². The molecular formula is C13H12N4O4S. The topological polar surface area (TPSA) is 118 Å². The van der Waals surface area contributed by atoms with Gasteiger partial charge in [-0.1, -0.05) is 29.8 Å². The van der Waals surface area contributed by atoms with E-state index in [4.69, 9.17) is 4.18 Å². The molecule has 1 aromatic carbocycles. The fourth-order valence-corrected chi connectivity index (χ4v) is 2.96. The van der Waals surface area contributed by atoms with Crippen LogP contribution in [-0.2, 0) is 15.9 Å².